The number of fused-ring (bicyclic) bond motifs is 2. The van der Waals surface area contributed by atoms with Crippen LogP contribution in [-0.2, 0) is 28.1 Å². The van der Waals surface area contributed by atoms with E-state index in [4.69, 9.17) is 9.84 Å². The van der Waals surface area contributed by atoms with E-state index in [1.807, 2.05) is 80.8 Å². The maximum absolute atomic E-state index is 14.2. The molecule has 184 valence electrons. The van der Waals surface area contributed by atoms with Crippen LogP contribution in [0.25, 0.3) is 0 Å². The predicted octanol–water partition coefficient (Wildman–Crippen LogP) is 3.38. The number of ether oxygens (including phenoxy) is 1. The summed E-state index contributed by atoms with van der Waals surface area (Å²) in [6.07, 6.45) is 2.57. The van der Waals surface area contributed by atoms with Gasteiger partial charge in [0.2, 0.25) is 0 Å². The van der Waals surface area contributed by atoms with Crippen LogP contribution in [0.1, 0.15) is 24.6 Å². The zero-order valence-corrected chi connectivity index (χ0v) is 21.3. The van der Waals surface area contributed by atoms with E-state index in [1.54, 1.807) is 9.58 Å². The number of hydrogen-bond acceptors (Lipinski definition) is 6. The minimum atomic E-state index is -2.72. The summed E-state index contributed by atoms with van der Waals surface area (Å²) in [6, 6.07) is 17.5. The monoisotopic (exact) mass is 492 g/mol. The van der Waals surface area contributed by atoms with Gasteiger partial charge in [0.1, 0.15) is 0 Å². The van der Waals surface area contributed by atoms with Gasteiger partial charge in [0.05, 0.1) is 17.5 Å². The Morgan fingerprint density at radius 2 is 1.83 bits per heavy atom. The zero-order valence-electron chi connectivity index (χ0n) is 20.3. The predicted molar refractivity (Wildman–Crippen MR) is 135 cm³/mol. The van der Waals surface area contributed by atoms with Crippen LogP contribution in [0.5, 0.6) is 0 Å². The summed E-state index contributed by atoms with van der Waals surface area (Å²) >= 11 is 0. The number of carbonyl (C=O) groups excluding carboxylic acids is 1. The van der Waals surface area contributed by atoms with E-state index in [-0.39, 0.29) is 30.1 Å². The van der Waals surface area contributed by atoms with Gasteiger partial charge < -0.3 is 14.6 Å². The summed E-state index contributed by atoms with van der Waals surface area (Å²) in [6.45, 7) is 6.48. The number of aromatic nitrogens is 3. The van der Waals surface area contributed by atoms with E-state index >= 15 is 0 Å². The second kappa shape index (κ2) is 8.98. The molecule has 4 atom stereocenters. The number of rotatable bonds is 7. The Labute approximate surface area is 206 Å². The smallest absolute Gasteiger partial charge is 0.268 e. The standard InChI is InChI=1S/C26H32N4O4Si/c1-18-24(35(2,3)33)23(13-15-29-17-19(14-16-31)27-28-29)34-26(18)21-11-7-8-12-22(21)30(25(26)32)20-9-5-4-6-10-20/h4-12,17-18,23-24,31,33H,13-16H2,1-3H3/t18-,23+,24-,26+/m1/s1. The molecule has 8 nitrogen and oxygen atoms in total. The third-order valence-corrected chi connectivity index (χ3v) is 9.91. The maximum atomic E-state index is 14.2. The number of hydrogen-bond donors (Lipinski definition) is 2. The summed E-state index contributed by atoms with van der Waals surface area (Å²) in [7, 11) is -2.72. The summed E-state index contributed by atoms with van der Waals surface area (Å²) in [4.78, 5) is 27.4. The van der Waals surface area contributed by atoms with E-state index < -0.39 is 13.9 Å². The molecule has 1 saturated heterocycles. The highest BCUT2D eigenvalue weighted by atomic mass is 28.4. The molecule has 35 heavy (non-hydrogen) atoms. The van der Waals surface area contributed by atoms with Crippen molar-refractivity contribution < 1.29 is 19.4 Å². The Kier molecular flexibility index (Phi) is 6.12. The van der Waals surface area contributed by atoms with Crippen LogP contribution in [-0.4, -0.2) is 51.8 Å². The summed E-state index contributed by atoms with van der Waals surface area (Å²) in [5.41, 5.74) is 1.93. The largest absolute Gasteiger partial charge is 0.432 e. The molecule has 1 amide bonds. The number of anilines is 2. The van der Waals surface area contributed by atoms with E-state index in [9.17, 15) is 9.59 Å². The second-order valence-corrected chi connectivity index (χ2v) is 14.1. The number of aliphatic hydroxyl groups excluding tert-OH is 1. The van der Waals surface area contributed by atoms with Crippen molar-refractivity contribution in [2.45, 2.75) is 56.7 Å². The number of carbonyl (C=O) groups is 1. The van der Waals surface area contributed by atoms with E-state index in [2.05, 4.69) is 10.3 Å². The van der Waals surface area contributed by atoms with Crippen molar-refractivity contribution in [1.29, 1.82) is 0 Å². The number of benzene rings is 2. The molecule has 3 aromatic rings. The number of amides is 1. The van der Waals surface area contributed by atoms with Crippen LogP contribution in [0, 0.1) is 5.92 Å². The molecular weight excluding hydrogens is 460 g/mol. The first-order valence-electron chi connectivity index (χ1n) is 12.2. The van der Waals surface area contributed by atoms with Crippen LogP contribution in [0.4, 0.5) is 11.4 Å². The Morgan fingerprint density at radius 1 is 1.11 bits per heavy atom. The van der Waals surface area contributed by atoms with Gasteiger partial charge in [0, 0.05) is 48.5 Å². The summed E-state index contributed by atoms with van der Waals surface area (Å²) in [5, 5.41) is 17.4. The molecule has 3 heterocycles. The highest BCUT2D eigenvalue weighted by molar-refractivity contribution is 6.71. The fraction of sp³-hybridized carbons (Fsp3) is 0.423. The van der Waals surface area contributed by atoms with Gasteiger partial charge in [-0.25, -0.2) is 0 Å². The molecule has 1 aromatic heterocycles. The van der Waals surface area contributed by atoms with Crippen molar-refractivity contribution in [1.82, 2.24) is 15.0 Å². The SMILES string of the molecule is C[C@@H]1[C@@H]([Si](C)(C)O)[C@H](CCn2cc(CCO)nn2)O[C@@]12C(=O)N(c1ccccc1)c1ccccc12. The first kappa shape index (κ1) is 23.9. The Balaban J connectivity index is 1.52. The molecule has 5 rings (SSSR count). The molecule has 1 fully saturated rings. The van der Waals surface area contributed by atoms with Crippen molar-refractivity contribution in [2.75, 3.05) is 11.5 Å². The van der Waals surface area contributed by atoms with Crippen LogP contribution >= 0.6 is 0 Å². The quantitative estimate of drug-likeness (QED) is 0.491. The van der Waals surface area contributed by atoms with Gasteiger partial charge >= 0.3 is 0 Å². The number of aliphatic hydroxyl groups is 1. The Hall–Kier alpha value is -2.85. The molecule has 2 aliphatic rings. The average Bonchev–Trinajstić information content (AvgIpc) is 3.47. The number of nitrogens with zero attached hydrogens (tertiary/aromatic N) is 4. The molecule has 0 bridgehead atoms. The number of para-hydroxylation sites is 2. The summed E-state index contributed by atoms with van der Waals surface area (Å²) < 4.78 is 8.55. The van der Waals surface area contributed by atoms with E-state index in [1.165, 1.54) is 0 Å². The lowest BCUT2D eigenvalue weighted by molar-refractivity contribution is -0.145. The minimum Gasteiger partial charge on any atom is -0.432 e. The van der Waals surface area contributed by atoms with Crippen LogP contribution in [0.15, 0.2) is 60.8 Å². The molecule has 0 radical (unpaired) electrons. The lowest BCUT2D eigenvalue weighted by atomic mass is 9.82. The molecular formula is C26H32N4O4Si. The normalized spacial score (nSPS) is 26.0. The van der Waals surface area contributed by atoms with Crippen molar-refractivity contribution in [2.24, 2.45) is 5.92 Å². The third kappa shape index (κ3) is 3.92. The first-order chi connectivity index (χ1) is 16.8. The molecule has 1 spiro atoms. The van der Waals surface area contributed by atoms with Gasteiger partial charge in [-0.3, -0.25) is 14.4 Å². The molecule has 2 aromatic carbocycles. The van der Waals surface area contributed by atoms with E-state index in [0.29, 0.717) is 19.4 Å². The van der Waals surface area contributed by atoms with Crippen molar-refractivity contribution in [3.8, 4) is 0 Å². The van der Waals surface area contributed by atoms with Crippen LogP contribution in [0.2, 0.25) is 18.6 Å². The Morgan fingerprint density at radius 3 is 2.54 bits per heavy atom. The molecule has 0 unspecified atom stereocenters. The molecule has 0 aliphatic carbocycles. The first-order valence-corrected chi connectivity index (χ1v) is 15.2. The highest BCUT2D eigenvalue weighted by Gasteiger charge is 2.66. The van der Waals surface area contributed by atoms with Crippen molar-refractivity contribution >= 4 is 25.6 Å². The van der Waals surface area contributed by atoms with Gasteiger partial charge in [-0.05, 0) is 37.7 Å². The summed E-state index contributed by atoms with van der Waals surface area (Å²) in [5.74, 6) is -0.309. The second-order valence-electron chi connectivity index (χ2n) is 10.1. The lowest BCUT2D eigenvalue weighted by Crippen LogP contribution is -2.45. The van der Waals surface area contributed by atoms with Gasteiger partial charge in [-0.15, -0.1) is 5.10 Å². The topological polar surface area (TPSA) is 101 Å². The fourth-order valence-electron chi connectivity index (χ4n) is 6.00. The molecule has 2 N–H and O–H groups in total. The molecule has 0 saturated carbocycles. The van der Waals surface area contributed by atoms with E-state index in [0.717, 1.165) is 22.6 Å². The molecule has 9 heteroatoms. The zero-order chi connectivity index (χ0) is 24.8. The third-order valence-electron chi connectivity index (χ3n) is 7.41. The molecule has 2 aliphatic heterocycles. The highest BCUT2D eigenvalue weighted by Crippen LogP contribution is 2.60. The average molecular weight is 493 g/mol. The Bertz CT molecular complexity index is 1210. The number of aryl methyl sites for hydroxylation is 1. The van der Waals surface area contributed by atoms with Gasteiger partial charge in [-0.2, -0.15) is 0 Å². The maximum Gasteiger partial charge on any atom is 0.268 e. The van der Waals surface area contributed by atoms with Crippen LogP contribution in [0.3, 0.4) is 0 Å². The van der Waals surface area contributed by atoms with Crippen molar-refractivity contribution in [3.05, 3.63) is 72.1 Å². The van der Waals surface area contributed by atoms with Gasteiger partial charge in [0.25, 0.3) is 5.91 Å². The minimum absolute atomic E-state index is 0.0241. The van der Waals surface area contributed by atoms with Crippen molar-refractivity contribution in [3.63, 3.8) is 0 Å². The lowest BCUT2D eigenvalue weighted by Gasteiger charge is -2.32. The van der Waals surface area contributed by atoms with Gasteiger partial charge in [0.15, 0.2) is 13.9 Å². The fourth-order valence-corrected chi connectivity index (χ4v) is 8.60. The van der Waals surface area contributed by atoms with Crippen LogP contribution < -0.4 is 4.90 Å². The van der Waals surface area contributed by atoms with Gasteiger partial charge in [-0.1, -0.05) is 48.5 Å².